The van der Waals surface area contributed by atoms with E-state index >= 15 is 0 Å². The molecule has 29 heavy (non-hydrogen) atoms. The summed E-state index contributed by atoms with van der Waals surface area (Å²) >= 11 is 1.52. The number of hydrogen-bond donors (Lipinski definition) is 3. The summed E-state index contributed by atoms with van der Waals surface area (Å²) < 4.78 is 5.10. The van der Waals surface area contributed by atoms with Crippen molar-refractivity contribution in [2.75, 3.05) is 19.0 Å². The molecule has 0 spiro atoms. The van der Waals surface area contributed by atoms with Gasteiger partial charge in [0, 0.05) is 23.9 Å². The van der Waals surface area contributed by atoms with Gasteiger partial charge in [-0.25, -0.2) is 0 Å². The van der Waals surface area contributed by atoms with Crippen LogP contribution >= 0.6 is 11.8 Å². The van der Waals surface area contributed by atoms with E-state index in [1.807, 2.05) is 44.2 Å². The number of benzene rings is 1. The van der Waals surface area contributed by atoms with Gasteiger partial charge in [0.1, 0.15) is 12.1 Å². The van der Waals surface area contributed by atoms with Crippen molar-refractivity contribution in [2.45, 2.75) is 62.1 Å². The van der Waals surface area contributed by atoms with Crippen molar-refractivity contribution in [3.63, 3.8) is 0 Å². The van der Waals surface area contributed by atoms with Crippen molar-refractivity contribution in [3.05, 3.63) is 35.9 Å². The highest BCUT2D eigenvalue weighted by atomic mass is 32.2. The molecule has 4 atom stereocenters. The summed E-state index contributed by atoms with van der Waals surface area (Å²) in [4.78, 5) is 27.4. The lowest BCUT2D eigenvalue weighted by molar-refractivity contribution is -0.147. The number of nitrogens with one attached hydrogen (secondary N) is 1. The maximum absolute atomic E-state index is 13.0. The maximum atomic E-state index is 13.0. The van der Waals surface area contributed by atoms with E-state index in [-0.39, 0.29) is 12.0 Å². The molecule has 2 fully saturated rings. The second-order valence-electron chi connectivity index (χ2n) is 8.27. The van der Waals surface area contributed by atoms with Crippen LogP contribution in [0.25, 0.3) is 0 Å². The molecule has 0 aromatic heterocycles. The molecule has 2 aliphatic heterocycles. The van der Waals surface area contributed by atoms with Gasteiger partial charge >= 0.3 is 0 Å². The first-order valence-corrected chi connectivity index (χ1v) is 11.1. The normalized spacial score (nSPS) is 25.6. The number of carbonyl (C=O) groups excluding carboxylic acids is 2. The van der Waals surface area contributed by atoms with E-state index in [9.17, 15) is 14.7 Å². The summed E-state index contributed by atoms with van der Waals surface area (Å²) in [6.45, 7) is 5.05. The Labute approximate surface area is 176 Å². The van der Waals surface area contributed by atoms with E-state index in [4.69, 9.17) is 10.5 Å². The molecule has 1 aromatic carbocycles. The first kappa shape index (κ1) is 22.1. The minimum atomic E-state index is -1.36. The number of rotatable bonds is 7. The second kappa shape index (κ2) is 9.47. The van der Waals surface area contributed by atoms with E-state index in [0.717, 1.165) is 25.0 Å². The summed E-state index contributed by atoms with van der Waals surface area (Å²) in [5.41, 5.74) is 7.08. The van der Waals surface area contributed by atoms with Crippen LogP contribution < -0.4 is 11.1 Å². The van der Waals surface area contributed by atoms with Gasteiger partial charge in [0.2, 0.25) is 5.91 Å². The average molecular weight is 422 g/mol. The molecule has 0 saturated carbocycles. The van der Waals surface area contributed by atoms with E-state index < -0.39 is 28.8 Å². The molecule has 3 rings (SSSR count). The minimum Gasteiger partial charge on any atom is -0.382 e. The fourth-order valence-electron chi connectivity index (χ4n) is 3.88. The quantitative estimate of drug-likeness (QED) is 0.604. The van der Waals surface area contributed by atoms with Gasteiger partial charge < -0.3 is 25.8 Å². The average Bonchev–Trinajstić information content (AvgIpc) is 3.33. The van der Waals surface area contributed by atoms with Crippen molar-refractivity contribution in [1.82, 2.24) is 10.2 Å². The fourth-order valence-corrected chi connectivity index (χ4v) is 5.02. The van der Waals surface area contributed by atoms with Crippen LogP contribution in [-0.4, -0.2) is 69.9 Å². The second-order valence-corrected chi connectivity index (χ2v) is 9.87. The van der Waals surface area contributed by atoms with Crippen LogP contribution in [0.5, 0.6) is 0 Å². The largest absolute Gasteiger partial charge is 0.382 e. The molecule has 2 saturated heterocycles. The van der Waals surface area contributed by atoms with Crippen LogP contribution in [0.2, 0.25) is 0 Å². The van der Waals surface area contributed by atoms with Crippen LogP contribution in [-0.2, 0) is 20.7 Å². The molecule has 2 heterocycles. The van der Waals surface area contributed by atoms with Crippen LogP contribution in [0, 0.1) is 0 Å². The zero-order chi connectivity index (χ0) is 21.0. The van der Waals surface area contributed by atoms with E-state index in [1.54, 1.807) is 0 Å². The highest BCUT2D eigenvalue weighted by molar-refractivity contribution is 8.00. The van der Waals surface area contributed by atoms with Crippen LogP contribution in [0.3, 0.4) is 0 Å². The lowest BCUT2D eigenvalue weighted by Gasteiger charge is -2.32. The molecule has 0 radical (unpaired) electrons. The number of amides is 2. The van der Waals surface area contributed by atoms with Crippen LogP contribution in [0.1, 0.15) is 32.3 Å². The topological polar surface area (TPSA) is 105 Å². The molecule has 7 nitrogen and oxygen atoms in total. The van der Waals surface area contributed by atoms with Crippen LogP contribution in [0.4, 0.5) is 0 Å². The summed E-state index contributed by atoms with van der Waals surface area (Å²) in [5, 5.41) is 13.5. The number of ether oxygens (including phenoxy) is 1. The van der Waals surface area contributed by atoms with Crippen molar-refractivity contribution < 1.29 is 19.4 Å². The van der Waals surface area contributed by atoms with E-state index in [0.29, 0.717) is 18.8 Å². The lowest BCUT2D eigenvalue weighted by atomic mass is 9.97. The summed E-state index contributed by atoms with van der Waals surface area (Å²) in [6.07, 6.45) is 0.983. The highest BCUT2D eigenvalue weighted by Crippen LogP contribution is 2.39. The van der Waals surface area contributed by atoms with Gasteiger partial charge in [-0.2, -0.15) is 0 Å². The Morgan fingerprint density at radius 3 is 2.76 bits per heavy atom. The third-order valence-corrected chi connectivity index (χ3v) is 6.95. The Kier molecular flexibility index (Phi) is 7.21. The Hall–Kier alpha value is -1.61. The standard InChI is InChI=1S/C21H31N3O4S/c1-21(2)18(19(26)23-12-15-9-6-10-28-15)24(13-29-21)20(27)17(25)16(22)11-14-7-4-3-5-8-14/h3-5,7-8,15-18,25H,6,9-13,22H2,1-2H3,(H,23,26)/t15?,16-,17-,18+/m0/s1. The molecular formula is C21H31N3O4S. The number of hydrogen-bond acceptors (Lipinski definition) is 6. The minimum absolute atomic E-state index is 0.0326. The predicted octanol–water partition coefficient (Wildman–Crippen LogP) is 0.893. The first-order chi connectivity index (χ1) is 13.8. The molecule has 4 N–H and O–H groups in total. The zero-order valence-electron chi connectivity index (χ0n) is 17.0. The van der Waals surface area contributed by atoms with Gasteiger partial charge in [-0.1, -0.05) is 30.3 Å². The van der Waals surface area contributed by atoms with E-state index in [2.05, 4.69) is 5.32 Å². The number of carbonyl (C=O) groups is 2. The Balaban J connectivity index is 1.64. The number of nitrogens with zero attached hydrogens (tertiary/aromatic N) is 1. The van der Waals surface area contributed by atoms with Gasteiger partial charge in [0.15, 0.2) is 0 Å². The smallest absolute Gasteiger partial charge is 0.254 e. The molecular weight excluding hydrogens is 390 g/mol. The Morgan fingerprint density at radius 1 is 1.38 bits per heavy atom. The summed E-state index contributed by atoms with van der Waals surface area (Å²) in [6, 6.07) is 8.10. The summed E-state index contributed by atoms with van der Waals surface area (Å²) in [5.74, 6) is -0.365. The van der Waals surface area contributed by atoms with E-state index in [1.165, 1.54) is 16.7 Å². The molecule has 1 aromatic rings. The van der Waals surface area contributed by atoms with Crippen molar-refractivity contribution >= 4 is 23.6 Å². The number of aliphatic hydroxyl groups is 1. The third kappa shape index (κ3) is 5.31. The van der Waals surface area contributed by atoms with Gasteiger partial charge in [0.25, 0.3) is 5.91 Å². The molecule has 8 heteroatoms. The molecule has 1 unspecified atom stereocenters. The first-order valence-electron chi connectivity index (χ1n) is 10.1. The zero-order valence-corrected chi connectivity index (χ0v) is 17.9. The molecule has 0 bridgehead atoms. The molecule has 160 valence electrons. The highest BCUT2D eigenvalue weighted by Gasteiger charge is 2.49. The number of nitrogens with two attached hydrogens (primary N) is 1. The SMILES string of the molecule is CC1(C)SCN(C(=O)[C@@H](O)[C@@H](N)Cc2ccccc2)[C@@H]1C(=O)NCC1CCCO1. The summed E-state index contributed by atoms with van der Waals surface area (Å²) in [7, 11) is 0. The third-order valence-electron chi connectivity index (χ3n) is 5.58. The lowest BCUT2D eigenvalue weighted by Crippen LogP contribution is -2.58. The predicted molar refractivity (Wildman–Crippen MR) is 113 cm³/mol. The number of thioether (sulfide) groups is 1. The molecule has 0 aliphatic carbocycles. The Morgan fingerprint density at radius 2 is 2.10 bits per heavy atom. The maximum Gasteiger partial charge on any atom is 0.254 e. The van der Waals surface area contributed by atoms with Gasteiger partial charge in [0.05, 0.1) is 12.0 Å². The fraction of sp³-hybridized carbons (Fsp3) is 0.619. The monoisotopic (exact) mass is 421 g/mol. The van der Waals surface area contributed by atoms with Crippen molar-refractivity contribution in [3.8, 4) is 0 Å². The van der Waals surface area contributed by atoms with Crippen molar-refractivity contribution in [1.29, 1.82) is 0 Å². The van der Waals surface area contributed by atoms with Gasteiger partial charge in [-0.3, -0.25) is 9.59 Å². The molecule has 2 amide bonds. The van der Waals surface area contributed by atoms with Gasteiger partial charge in [-0.05, 0) is 38.7 Å². The van der Waals surface area contributed by atoms with Crippen LogP contribution in [0.15, 0.2) is 30.3 Å². The Bertz CT molecular complexity index is 709. The van der Waals surface area contributed by atoms with Crippen molar-refractivity contribution in [2.24, 2.45) is 5.73 Å². The van der Waals surface area contributed by atoms with Gasteiger partial charge in [-0.15, -0.1) is 11.8 Å². The molecule has 2 aliphatic rings. The number of aliphatic hydroxyl groups excluding tert-OH is 1.